The van der Waals surface area contributed by atoms with E-state index in [2.05, 4.69) is 20.5 Å². The average molecular weight is 309 g/mol. The van der Waals surface area contributed by atoms with Crippen LogP contribution in [0.2, 0.25) is 10.0 Å². The Morgan fingerprint density at radius 3 is 2.75 bits per heavy atom. The highest BCUT2D eigenvalue weighted by atomic mass is 35.5. The molecule has 0 aliphatic rings. The van der Waals surface area contributed by atoms with Gasteiger partial charge in [-0.25, -0.2) is 10.4 Å². The van der Waals surface area contributed by atoms with Gasteiger partial charge in [-0.05, 0) is 19.1 Å². The van der Waals surface area contributed by atoms with Crippen molar-refractivity contribution in [3.63, 3.8) is 0 Å². The fraction of sp³-hybridized carbons (Fsp3) is 0.0769. The van der Waals surface area contributed by atoms with Crippen LogP contribution in [0.4, 0.5) is 0 Å². The first-order valence-corrected chi connectivity index (χ1v) is 6.39. The maximum atomic E-state index is 11.7. The molecule has 0 unspecified atom stereocenters. The highest BCUT2D eigenvalue weighted by molar-refractivity contribution is 6.37. The van der Waals surface area contributed by atoms with E-state index in [0.717, 1.165) is 0 Å². The Morgan fingerprint density at radius 2 is 2.10 bits per heavy atom. The first-order valence-electron chi connectivity index (χ1n) is 5.64. The third-order valence-corrected chi connectivity index (χ3v) is 2.99. The minimum atomic E-state index is -0.442. The van der Waals surface area contributed by atoms with E-state index in [9.17, 15) is 4.79 Å². The van der Waals surface area contributed by atoms with E-state index in [1.165, 1.54) is 18.6 Å². The monoisotopic (exact) mass is 308 g/mol. The maximum Gasteiger partial charge on any atom is 0.291 e. The van der Waals surface area contributed by atoms with Crippen LogP contribution in [0.25, 0.3) is 0 Å². The summed E-state index contributed by atoms with van der Waals surface area (Å²) in [6.07, 6.45) is 4.27. The molecular formula is C13H10Cl2N4O. The lowest BCUT2D eigenvalue weighted by molar-refractivity contribution is 0.0949. The molecule has 7 heteroatoms. The second-order valence-corrected chi connectivity index (χ2v) is 4.70. The number of halogens is 2. The molecular weight excluding hydrogens is 299 g/mol. The van der Waals surface area contributed by atoms with E-state index >= 15 is 0 Å². The highest BCUT2D eigenvalue weighted by Gasteiger charge is 2.08. The normalized spacial score (nSPS) is 11.2. The van der Waals surface area contributed by atoms with Crippen LogP contribution in [0.5, 0.6) is 0 Å². The van der Waals surface area contributed by atoms with Gasteiger partial charge < -0.3 is 0 Å². The number of nitrogens with zero attached hydrogens (tertiary/aromatic N) is 3. The van der Waals surface area contributed by atoms with Gasteiger partial charge in [-0.3, -0.25) is 9.78 Å². The zero-order chi connectivity index (χ0) is 14.5. The summed E-state index contributed by atoms with van der Waals surface area (Å²) < 4.78 is 0. The summed E-state index contributed by atoms with van der Waals surface area (Å²) in [5, 5.41) is 4.99. The largest absolute Gasteiger partial charge is 0.291 e. The lowest BCUT2D eigenvalue weighted by Gasteiger charge is -2.05. The van der Waals surface area contributed by atoms with Gasteiger partial charge in [0.2, 0.25) is 0 Å². The number of aromatic nitrogens is 2. The molecule has 0 saturated carbocycles. The molecule has 1 heterocycles. The zero-order valence-electron chi connectivity index (χ0n) is 10.5. The number of benzene rings is 1. The Hall–Kier alpha value is -1.98. The van der Waals surface area contributed by atoms with Crippen molar-refractivity contribution in [2.45, 2.75) is 6.92 Å². The van der Waals surface area contributed by atoms with E-state index in [0.29, 0.717) is 21.3 Å². The molecule has 0 fully saturated rings. The molecule has 0 radical (unpaired) electrons. The van der Waals surface area contributed by atoms with E-state index < -0.39 is 5.91 Å². The quantitative estimate of drug-likeness (QED) is 0.700. The van der Waals surface area contributed by atoms with E-state index in [4.69, 9.17) is 23.2 Å². The van der Waals surface area contributed by atoms with Gasteiger partial charge in [-0.1, -0.05) is 29.3 Å². The van der Waals surface area contributed by atoms with Crippen molar-refractivity contribution in [2.75, 3.05) is 0 Å². The Labute approximate surface area is 125 Å². The van der Waals surface area contributed by atoms with Crippen molar-refractivity contribution in [1.82, 2.24) is 15.4 Å². The van der Waals surface area contributed by atoms with Gasteiger partial charge in [0.1, 0.15) is 5.69 Å². The Bertz CT molecular complexity index is 659. The maximum absolute atomic E-state index is 11.7. The van der Waals surface area contributed by atoms with Crippen molar-refractivity contribution in [3.05, 3.63) is 58.1 Å². The van der Waals surface area contributed by atoms with Crippen molar-refractivity contribution in [3.8, 4) is 0 Å². The summed E-state index contributed by atoms with van der Waals surface area (Å²) in [6.45, 7) is 1.73. The van der Waals surface area contributed by atoms with Gasteiger partial charge in [-0.15, -0.1) is 0 Å². The van der Waals surface area contributed by atoms with Crippen molar-refractivity contribution in [2.24, 2.45) is 5.10 Å². The number of rotatable bonds is 3. The summed E-state index contributed by atoms with van der Waals surface area (Å²) >= 11 is 11.9. The number of hydrogen-bond acceptors (Lipinski definition) is 4. The molecule has 20 heavy (non-hydrogen) atoms. The second-order valence-electron chi connectivity index (χ2n) is 3.85. The number of nitrogens with one attached hydrogen (secondary N) is 1. The predicted octanol–water partition coefficient (Wildman–Crippen LogP) is 2.94. The molecule has 0 spiro atoms. The number of amides is 1. The number of hydrogen-bond donors (Lipinski definition) is 1. The first-order chi connectivity index (χ1) is 9.58. The Balaban J connectivity index is 2.13. The van der Waals surface area contributed by atoms with Crippen LogP contribution >= 0.6 is 23.2 Å². The molecule has 102 valence electrons. The smallest absolute Gasteiger partial charge is 0.265 e. The third-order valence-electron chi connectivity index (χ3n) is 2.44. The summed E-state index contributed by atoms with van der Waals surface area (Å²) in [5.41, 5.74) is 3.83. The van der Waals surface area contributed by atoms with Crippen LogP contribution in [0.3, 0.4) is 0 Å². The molecule has 2 aromatic rings. The fourth-order valence-corrected chi connectivity index (χ4v) is 2.00. The molecule has 2 rings (SSSR count). The summed E-state index contributed by atoms with van der Waals surface area (Å²) in [7, 11) is 0. The molecule has 0 aliphatic heterocycles. The zero-order valence-corrected chi connectivity index (χ0v) is 12.0. The molecule has 1 N–H and O–H groups in total. The van der Waals surface area contributed by atoms with Gasteiger partial charge >= 0.3 is 0 Å². The lowest BCUT2D eigenvalue weighted by Crippen LogP contribution is -2.20. The number of carbonyl (C=O) groups is 1. The lowest BCUT2D eigenvalue weighted by atomic mass is 10.1. The van der Waals surface area contributed by atoms with Crippen LogP contribution in [0, 0.1) is 0 Å². The predicted molar refractivity (Wildman–Crippen MR) is 78.2 cm³/mol. The Morgan fingerprint density at radius 1 is 1.30 bits per heavy atom. The van der Waals surface area contributed by atoms with Gasteiger partial charge in [-0.2, -0.15) is 5.10 Å². The molecule has 1 amide bonds. The molecule has 5 nitrogen and oxygen atoms in total. The van der Waals surface area contributed by atoms with E-state index in [-0.39, 0.29) is 5.69 Å². The van der Waals surface area contributed by atoms with Crippen LogP contribution in [0.1, 0.15) is 23.0 Å². The van der Waals surface area contributed by atoms with Gasteiger partial charge in [0.05, 0.1) is 16.9 Å². The second kappa shape index (κ2) is 6.45. The van der Waals surface area contributed by atoms with Crippen LogP contribution in [0.15, 0.2) is 41.9 Å². The topological polar surface area (TPSA) is 67.2 Å². The molecule has 1 aromatic carbocycles. The highest BCUT2D eigenvalue weighted by Crippen LogP contribution is 2.21. The van der Waals surface area contributed by atoms with Crippen LogP contribution in [-0.4, -0.2) is 21.6 Å². The minimum absolute atomic E-state index is 0.186. The molecule has 0 atom stereocenters. The minimum Gasteiger partial charge on any atom is -0.265 e. The van der Waals surface area contributed by atoms with Crippen molar-refractivity contribution < 1.29 is 4.79 Å². The van der Waals surface area contributed by atoms with Crippen LogP contribution in [-0.2, 0) is 0 Å². The molecule has 1 aromatic heterocycles. The summed E-state index contributed by atoms with van der Waals surface area (Å²) in [6, 6.07) is 5.05. The molecule has 0 bridgehead atoms. The summed E-state index contributed by atoms with van der Waals surface area (Å²) in [5.74, 6) is -0.442. The molecule has 0 saturated heterocycles. The standard InChI is InChI=1S/C13H10Cl2N4O/c1-8(10-3-2-9(14)6-11(10)15)18-19-13(20)12-7-16-4-5-17-12/h2-7H,1H3,(H,19,20). The summed E-state index contributed by atoms with van der Waals surface area (Å²) in [4.78, 5) is 19.4. The van der Waals surface area contributed by atoms with Gasteiger partial charge in [0, 0.05) is 23.0 Å². The SMILES string of the molecule is CC(=NNC(=O)c1cnccn1)c1ccc(Cl)cc1Cl. The third kappa shape index (κ3) is 3.53. The number of carbonyl (C=O) groups excluding carboxylic acids is 1. The van der Waals surface area contributed by atoms with Gasteiger partial charge in [0.15, 0.2) is 0 Å². The van der Waals surface area contributed by atoms with E-state index in [1.54, 1.807) is 25.1 Å². The van der Waals surface area contributed by atoms with E-state index in [1.807, 2.05) is 0 Å². The number of hydrazone groups is 1. The molecule has 0 aliphatic carbocycles. The van der Waals surface area contributed by atoms with Crippen LogP contribution < -0.4 is 5.43 Å². The average Bonchev–Trinajstić information content (AvgIpc) is 2.45. The first kappa shape index (κ1) is 14.4. The Kier molecular flexibility index (Phi) is 4.65. The fourth-order valence-electron chi connectivity index (χ4n) is 1.45. The van der Waals surface area contributed by atoms with Crippen molar-refractivity contribution >= 4 is 34.8 Å². The van der Waals surface area contributed by atoms with Crippen molar-refractivity contribution in [1.29, 1.82) is 0 Å². The van der Waals surface area contributed by atoms with Gasteiger partial charge in [0.25, 0.3) is 5.91 Å².